The molecule has 0 unspecified atom stereocenters. The summed E-state index contributed by atoms with van der Waals surface area (Å²) >= 11 is 0. The van der Waals surface area contributed by atoms with Gasteiger partial charge in [-0.05, 0) is 59.8 Å². The van der Waals surface area contributed by atoms with Crippen LogP contribution < -0.4 is 18.9 Å². The summed E-state index contributed by atoms with van der Waals surface area (Å²) in [6.07, 6.45) is 74.5. The summed E-state index contributed by atoms with van der Waals surface area (Å²) in [7, 11) is 0. The third kappa shape index (κ3) is 29.7. The number of aromatic nitrogens is 4. The average Bonchev–Trinajstić information content (AvgIpc) is 0.687. The lowest BCUT2D eigenvalue weighted by Gasteiger charge is -2.26. The molecule has 6 aromatic carbocycles. The Morgan fingerprint density at radius 1 is 0.222 bits per heavy atom. The molecular weight excluding hydrogens is 1320 g/mol. The van der Waals surface area contributed by atoms with Crippen molar-refractivity contribution >= 4 is 76.5 Å². The van der Waals surface area contributed by atoms with Crippen molar-refractivity contribution in [3.05, 3.63) is 59.7 Å². The van der Waals surface area contributed by atoms with Crippen LogP contribution in [0.3, 0.4) is 0 Å². The summed E-state index contributed by atoms with van der Waals surface area (Å²) in [5.74, 6) is 3.10. The lowest BCUT2D eigenvalue weighted by atomic mass is 9.78. The van der Waals surface area contributed by atoms with Crippen LogP contribution in [-0.4, -0.2) is 46.4 Å². The normalized spacial score (nSPS) is 12.4. The van der Waals surface area contributed by atoms with Crippen LogP contribution in [0.15, 0.2) is 48.5 Å². The summed E-state index contributed by atoms with van der Waals surface area (Å²) in [6.45, 7) is 25.8. The highest BCUT2D eigenvalue weighted by atomic mass is 16.5. The molecule has 8 rings (SSSR count). The number of nitrogens with zero attached hydrogens (tertiary/aromatic N) is 4. The molecule has 0 atom stereocenters. The second-order valence-electron chi connectivity index (χ2n) is 35.6. The largest absolute Gasteiger partial charge is 0.490 e. The van der Waals surface area contributed by atoms with Crippen LogP contribution in [0.25, 0.3) is 76.5 Å². The van der Waals surface area contributed by atoms with Crippen LogP contribution in [0.4, 0.5) is 0 Å². The Hall–Kier alpha value is -5.24. The van der Waals surface area contributed by atoms with Crippen molar-refractivity contribution < 1.29 is 18.9 Å². The standard InChI is InChI=1S/C100H158N4O4/c1-11-15-19-23-27-31-35-39-43-47-51-55-59-63-69-105-88-75-84-85(76-89(88)106-70-64-60-56-52-48-44-40-36-32-28-24-20-16-12-2)102-96-81-73-79(99(5,6)7)74-82-92(81)93-80(95(96)101-84)67-68-83(100(8,9)10)94(93)98-97(82)103-86-77-90(107-71-65-61-57-53-49-45-41-37-33-29-25-21-17-13-3)91(78-87(86)104-98)108-72-66-62-58-54-50-46-42-38-34-30-26-22-18-14-4/h67-68,73-78H,11-66,69-72H2,1-10H3. The molecule has 0 aliphatic heterocycles. The van der Waals surface area contributed by atoms with Crippen molar-refractivity contribution in [2.75, 3.05) is 26.4 Å². The molecule has 8 aromatic rings. The third-order valence-electron chi connectivity index (χ3n) is 23.8. The monoisotopic (exact) mass is 1480 g/mol. The second-order valence-corrected chi connectivity index (χ2v) is 35.6. The van der Waals surface area contributed by atoms with E-state index in [0.29, 0.717) is 26.4 Å². The van der Waals surface area contributed by atoms with E-state index in [1.807, 2.05) is 0 Å². The minimum absolute atomic E-state index is 0.185. The van der Waals surface area contributed by atoms with Crippen molar-refractivity contribution in [3.63, 3.8) is 0 Å². The first-order valence-electron chi connectivity index (χ1n) is 46.5. The van der Waals surface area contributed by atoms with Gasteiger partial charge in [0.15, 0.2) is 23.0 Å². The maximum Gasteiger partial charge on any atom is 0.163 e. The highest BCUT2D eigenvalue weighted by Gasteiger charge is 2.29. The second kappa shape index (κ2) is 50.7. The molecule has 602 valence electrons. The molecule has 0 saturated heterocycles. The van der Waals surface area contributed by atoms with Gasteiger partial charge in [0.1, 0.15) is 0 Å². The van der Waals surface area contributed by atoms with E-state index in [9.17, 15) is 0 Å². The lowest BCUT2D eigenvalue weighted by Crippen LogP contribution is -2.13. The van der Waals surface area contributed by atoms with Crippen molar-refractivity contribution in [1.82, 2.24) is 19.9 Å². The molecule has 2 aromatic heterocycles. The zero-order chi connectivity index (χ0) is 76.3. The van der Waals surface area contributed by atoms with Crippen molar-refractivity contribution in [1.29, 1.82) is 0 Å². The summed E-state index contributed by atoms with van der Waals surface area (Å²) in [5, 5.41) is 6.77. The molecule has 8 heteroatoms. The van der Waals surface area contributed by atoms with E-state index >= 15 is 0 Å². The SMILES string of the molecule is CCCCCCCCCCCCCCCCOc1cc2nc3c4cc(C(C)(C)C)cc5c6nc7cc(OCCCCCCCCCCCCCCCC)c(OCCCCCCCCCCCCCCCC)cc7nc6c6c(C(C)(C)C)ccc(c3nc2cc1OCCCCCCCCCCCCCCCC)c6c45. The highest BCUT2D eigenvalue weighted by molar-refractivity contribution is 6.39. The van der Waals surface area contributed by atoms with E-state index < -0.39 is 0 Å². The molecule has 0 amide bonds. The van der Waals surface area contributed by atoms with E-state index in [1.54, 1.807) is 0 Å². The third-order valence-corrected chi connectivity index (χ3v) is 23.8. The molecular formula is C100H158N4O4. The van der Waals surface area contributed by atoms with Gasteiger partial charge in [0.25, 0.3) is 0 Å². The Bertz CT molecular complexity index is 3730. The Morgan fingerprint density at radius 3 is 0.685 bits per heavy atom. The fourth-order valence-electron chi connectivity index (χ4n) is 16.9. The molecule has 0 saturated carbocycles. The molecule has 0 radical (unpaired) electrons. The Labute approximate surface area is 660 Å². The minimum Gasteiger partial charge on any atom is -0.490 e. The number of hydrogen-bond acceptors (Lipinski definition) is 8. The summed E-state index contributed by atoms with van der Waals surface area (Å²) in [5.41, 5.74) is 8.99. The van der Waals surface area contributed by atoms with E-state index in [0.717, 1.165) is 114 Å². The number of unbranched alkanes of at least 4 members (excludes halogenated alkanes) is 52. The molecule has 0 fully saturated rings. The number of fused-ring (bicyclic) bond motifs is 8. The zero-order valence-corrected chi connectivity index (χ0v) is 71.5. The number of ether oxygens (including phenoxy) is 4. The van der Waals surface area contributed by atoms with Gasteiger partial charge < -0.3 is 18.9 Å². The Kier molecular flexibility index (Phi) is 41.5. The first kappa shape index (κ1) is 88.3. The fraction of sp³-hybridized carbons (Fsp3) is 0.720. The topological polar surface area (TPSA) is 88.5 Å². The van der Waals surface area contributed by atoms with Crippen LogP contribution in [0.1, 0.15) is 440 Å². The quantitative estimate of drug-likeness (QED) is 0.0212. The maximum absolute atomic E-state index is 6.87. The van der Waals surface area contributed by atoms with Crippen molar-refractivity contribution in [2.24, 2.45) is 0 Å². The summed E-state index contributed by atoms with van der Waals surface area (Å²) in [6, 6.07) is 18.1. The molecule has 0 aliphatic carbocycles. The number of hydrogen-bond donors (Lipinski definition) is 0. The van der Waals surface area contributed by atoms with Crippen LogP contribution in [-0.2, 0) is 10.8 Å². The van der Waals surface area contributed by atoms with Gasteiger partial charge in [0.2, 0.25) is 0 Å². The van der Waals surface area contributed by atoms with E-state index in [4.69, 9.17) is 38.9 Å². The Balaban J connectivity index is 1.07. The van der Waals surface area contributed by atoms with Gasteiger partial charge >= 0.3 is 0 Å². The van der Waals surface area contributed by atoms with Gasteiger partial charge in [-0.1, -0.05) is 415 Å². The lowest BCUT2D eigenvalue weighted by molar-refractivity contribution is 0.259. The van der Waals surface area contributed by atoms with Gasteiger partial charge in [0.05, 0.1) is 70.6 Å². The number of rotatable bonds is 64. The van der Waals surface area contributed by atoms with E-state index in [2.05, 4.69) is 118 Å². The predicted octanol–water partition coefficient (Wildman–Crippen LogP) is 32.8. The minimum atomic E-state index is -0.217. The van der Waals surface area contributed by atoms with Gasteiger partial charge in [-0.15, -0.1) is 0 Å². The van der Waals surface area contributed by atoms with Gasteiger partial charge in [-0.25, -0.2) is 19.9 Å². The van der Waals surface area contributed by atoms with Crippen LogP contribution >= 0.6 is 0 Å². The summed E-state index contributed by atoms with van der Waals surface area (Å²) in [4.78, 5) is 23.1. The van der Waals surface area contributed by atoms with Crippen LogP contribution in [0.5, 0.6) is 23.0 Å². The summed E-state index contributed by atoms with van der Waals surface area (Å²) < 4.78 is 27.4. The average molecular weight is 1480 g/mol. The maximum atomic E-state index is 6.87. The van der Waals surface area contributed by atoms with E-state index in [-0.39, 0.29) is 10.8 Å². The van der Waals surface area contributed by atoms with Gasteiger partial charge in [0, 0.05) is 56.6 Å². The highest BCUT2D eigenvalue weighted by Crippen LogP contribution is 2.49. The molecule has 2 heterocycles. The molecule has 0 spiro atoms. The van der Waals surface area contributed by atoms with Crippen LogP contribution in [0.2, 0.25) is 0 Å². The van der Waals surface area contributed by atoms with Gasteiger partial charge in [-0.3, -0.25) is 0 Å². The van der Waals surface area contributed by atoms with Crippen molar-refractivity contribution in [3.8, 4) is 23.0 Å². The molecule has 0 bridgehead atoms. The Morgan fingerprint density at radius 2 is 0.444 bits per heavy atom. The first-order chi connectivity index (χ1) is 52.9. The van der Waals surface area contributed by atoms with Crippen molar-refractivity contribution in [2.45, 2.75) is 440 Å². The van der Waals surface area contributed by atoms with Crippen LogP contribution in [0, 0.1) is 0 Å². The molecule has 0 N–H and O–H groups in total. The molecule has 108 heavy (non-hydrogen) atoms. The van der Waals surface area contributed by atoms with E-state index in [1.165, 1.54) is 356 Å². The fourth-order valence-corrected chi connectivity index (χ4v) is 16.9. The first-order valence-corrected chi connectivity index (χ1v) is 46.5. The predicted molar refractivity (Wildman–Crippen MR) is 472 cm³/mol. The number of benzene rings is 6. The molecule has 0 aliphatic rings. The van der Waals surface area contributed by atoms with Gasteiger partial charge in [-0.2, -0.15) is 0 Å². The zero-order valence-electron chi connectivity index (χ0n) is 71.5. The smallest absolute Gasteiger partial charge is 0.163 e. The molecule has 8 nitrogen and oxygen atoms in total.